The van der Waals surface area contributed by atoms with Crippen molar-refractivity contribution in [2.75, 3.05) is 0 Å². The molecule has 0 saturated heterocycles. The molecule has 6 rings (SSSR count). The van der Waals surface area contributed by atoms with Crippen LogP contribution in [-0.2, 0) is 0 Å². The Kier molecular flexibility index (Phi) is 7.27. The number of hydrogen-bond donors (Lipinski definition) is 0. The summed E-state index contributed by atoms with van der Waals surface area (Å²) < 4.78 is 0. The summed E-state index contributed by atoms with van der Waals surface area (Å²) in [6, 6.07) is 47.1. The Labute approximate surface area is 252 Å². The molecule has 0 heteroatoms. The molecule has 1 unspecified atom stereocenters. The van der Waals surface area contributed by atoms with Crippen LogP contribution in [0.4, 0.5) is 0 Å². The Hall–Kier alpha value is -4.16. The van der Waals surface area contributed by atoms with Crippen LogP contribution in [0.3, 0.4) is 0 Å². The smallest absolute Gasteiger partial charge is 0.00262 e. The van der Waals surface area contributed by atoms with Crippen molar-refractivity contribution in [3.63, 3.8) is 0 Å². The van der Waals surface area contributed by atoms with Crippen LogP contribution in [0.1, 0.15) is 59.4 Å². The van der Waals surface area contributed by atoms with Crippen molar-refractivity contribution in [3.8, 4) is 33.4 Å². The fraction of sp³-hybridized carbons (Fsp3) is 0.238. The molecule has 1 atom stereocenters. The number of hydrogen-bond acceptors (Lipinski definition) is 0. The molecule has 0 bridgehead atoms. The summed E-state index contributed by atoms with van der Waals surface area (Å²) >= 11 is 0. The Balaban J connectivity index is 1.54. The van der Waals surface area contributed by atoms with Gasteiger partial charge in [-0.25, -0.2) is 0 Å². The van der Waals surface area contributed by atoms with Crippen LogP contribution in [-0.4, -0.2) is 0 Å². The molecule has 0 heterocycles. The fourth-order valence-electron chi connectivity index (χ4n) is 6.65. The standard InChI is InChI=1S/C42H42/c1-41(2,3)28-38(42(4,5)6)30-23-25-31(26-24-30)39-34-19-10-12-21-36(34)40(37-22-13-11-20-35(37)39)33-18-14-17-32(27-33)29-15-8-7-9-16-29/h7-27,38H,28H2,1-6H3. The second-order valence-electron chi connectivity index (χ2n) is 14.1. The second-order valence-corrected chi connectivity index (χ2v) is 14.1. The highest BCUT2D eigenvalue weighted by molar-refractivity contribution is 6.21. The van der Waals surface area contributed by atoms with Crippen LogP contribution in [0.15, 0.2) is 127 Å². The van der Waals surface area contributed by atoms with E-state index in [1.807, 2.05) is 0 Å². The normalized spacial score (nSPS) is 13.0. The Bertz CT molecular complexity index is 1780. The SMILES string of the molecule is CC(C)(C)CC(c1ccc(-c2c3ccccc3c(-c3cccc(-c4ccccc4)c3)c3ccccc23)cc1)C(C)(C)C. The minimum atomic E-state index is 0.199. The maximum atomic E-state index is 2.39. The Morgan fingerprint density at radius 1 is 0.429 bits per heavy atom. The van der Waals surface area contributed by atoms with Gasteiger partial charge in [-0.1, -0.05) is 163 Å². The van der Waals surface area contributed by atoms with Crippen molar-refractivity contribution in [2.45, 2.75) is 53.9 Å². The van der Waals surface area contributed by atoms with E-state index < -0.39 is 0 Å². The molecular weight excluding hydrogens is 504 g/mol. The molecule has 0 amide bonds. The number of rotatable bonds is 5. The van der Waals surface area contributed by atoms with Crippen LogP contribution in [0.5, 0.6) is 0 Å². The predicted molar refractivity (Wildman–Crippen MR) is 184 cm³/mol. The molecule has 0 aliphatic heterocycles. The van der Waals surface area contributed by atoms with Crippen molar-refractivity contribution < 1.29 is 0 Å². The van der Waals surface area contributed by atoms with E-state index in [1.165, 1.54) is 66.9 Å². The first-order valence-electron chi connectivity index (χ1n) is 15.3. The van der Waals surface area contributed by atoms with Crippen LogP contribution in [0.2, 0.25) is 0 Å². The highest BCUT2D eigenvalue weighted by Gasteiger charge is 2.30. The van der Waals surface area contributed by atoms with E-state index in [1.54, 1.807) is 0 Å². The van der Waals surface area contributed by atoms with Gasteiger partial charge in [-0.15, -0.1) is 0 Å². The summed E-state index contributed by atoms with van der Waals surface area (Å²) in [5.74, 6) is 0.499. The predicted octanol–water partition coefficient (Wildman–Crippen LogP) is 12.6. The highest BCUT2D eigenvalue weighted by Crippen LogP contribution is 2.46. The molecular formula is C42H42. The van der Waals surface area contributed by atoms with Gasteiger partial charge in [-0.2, -0.15) is 0 Å². The molecule has 6 aromatic carbocycles. The van der Waals surface area contributed by atoms with Crippen LogP contribution in [0, 0.1) is 10.8 Å². The zero-order valence-electron chi connectivity index (χ0n) is 25.9. The van der Waals surface area contributed by atoms with Crippen molar-refractivity contribution >= 4 is 21.5 Å². The van der Waals surface area contributed by atoms with Crippen molar-refractivity contribution in [1.82, 2.24) is 0 Å². The van der Waals surface area contributed by atoms with E-state index in [9.17, 15) is 0 Å². The van der Waals surface area contributed by atoms with Gasteiger partial charge in [0, 0.05) is 0 Å². The van der Waals surface area contributed by atoms with E-state index in [4.69, 9.17) is 0 Å². The third-order valence-corrected chi connectivity index (χ3v) is 8.65. The van der Waals surface area contributed by atoms with Crippen LogP contribution >= 0.6 is 0 Å². The molecule has 0 aliphatic carbocycles. The quantitative estimate of drug-likeness (QED) is 0.189. The first kappa shape index (κ1) is 28.0. The minimum absolute atomic E-state index is 0.199. The van der Waals surface area contributed by atoms with Crippen LogP contribution < -0.4 is 0 Å². The third-order valence-electron chi connectivity index (χ3n) is 8.65. The first-order valence-corrected chi connectivity index (χ1v) is 15.3. The molecule has 0 radical (unpaired) electrons. The average Bonchev–Trinajstić information content (AvgIpc) is 2.98. The Morgan fingerprint density at radius 3 is 1.38 bits per heavy atom. The molecule has 0 spiro atoms. The van der Waals surface area contributed by atoms with E-state index in [2.05, 4.69) is 169 Å². The summed E-state index contributed by atoms with van der Waals surface area (Å²) in [5.41, 5.74) is 9.54. The highest BCUT2D eigenvalue weighted by atomic mass is 14.3. The van der Waals surface area contributed by atoms with E-state index in [0.29, 0.717) is 5.92 Å². The first-order chi connectivity index (χ1) is 20.1. The third kappa shape index (κ3) is 5.51. The maximum absolute atomic E-state index is 2.39. The summed E-state index contributed by atoms with van der Waals surface area (Å²) in [7, 11) is 0. The summed E-state index contributed by atoms with van der Waals surface area (Å²) in [5, 5.41) is 5.18. The lowest BCUT2D eigenvalue weighted by Gasteiger charge is -2.36. The zero-order valence-corrected chi connectivity index (χ0v) is 25.9. The van der Waals surface area contributed by atoms with Gasteiger partial charge >= 0.3 is 0 Å². The van der Waals surface area contributed by atoms with Gasteiger partial charge in [0.2, 0.25) is 0 Å². The molecule has 0 N–H and O–H groups in total. The molecule has 0 aromatic heterocycles. The lowest BCUT2D eigenvalue weighted by Crippen LogP contribution is -2.23. The molecule has 210 valence electrons. The van der Waals surface area contributed by atoms with Gasteiger partial charge < -0.3 is 0 Å². The minimum Gasteiger partial charge on any atom is -0.0622 e. The maximum Gasteiger partial charge on any atom is -0.00262 e. The van der Waals surface area contributed by atoms with Gasteiger partial charge in [0.1, 0.15) is 0 Å². The van der Waals surface area contributed by atoms with Crippen molar-refractivity contribution in [3.05, 3.63) is 133 Å². The lowest BCUT2D eigenvalue weighted by molar-refractivity contribution is 0.229. The fourth-order valence-corrected chi connectivity index (χ4v) is 6.65. The molecule has 42 heavy (non-hydrogen) atoms. The molecule has 0 fully saturated rings. The largest absolute Gasteiger partial charge is 0.0622 e. The molecule has 0 saturated carbocycles. The van der Waals surface area contributed by atoms with Gasteiger partial charge in [0.25, 0.3) is 0 Å². The Morgan fingerprint density at radius 2 is 0.881 bits per heavy atom. The van der Waals surface area contributed by atoms with Gasteiger partial charge in [0.15, 0.2) is 0 Å². The summed E-state index contributed by atoms with van der Waals surface area (Å²) in [6.45, 7) is 14.2. The van der Waals surface area contributed by atoms with Gasteiger partial charge in [-0.05, 0) is 89.7 Å². The van der Waals surface area contributed by atoms with Crippen molar-refractivity contribution in [1.29, 1.82) is 0 Å². The number of benzene rings is 6. The van der Waals surface area contributed by atoms with E-state index >= 15 is 0 Å². The molecule has 6 aromatic rings. The van der Waals surface area contributed by atoms with Crippen molar-refractivity contribution in [2.24, 2.45) is 10.8 Å². The topological polar surface area (TPSA) is 0 Å². The summed E-state index contributed by atoms with van der Waals surface area (Å²) in [6.07, 6.45) is 1.17. The average molecular weight is 547 g/mol. The molecule has 0 nitrogen and oxygen atoms in total. The zero-order chi connectivity index (χ0) is 29.5. The van der Waals surface area contributed by atoms with E-state index in [0.717, 1.165) is 0 Å². The monoisotopic (exact) mass is 546 g/mol. The molecule has 0 aliphatic rings. The summed E-state index contributed by atoms with van der Waals surface area (Å²) in [4.78, 5) is 0. The second kappa shape index (κ2) is 10.9. The number of fused-ring (bicyclic) bond motifs is 2. The van der Waals surface area contributed by atoms with Crippen LogP contribution in [0.25, 0.3) is 54.9 Å². The van der Waals surface area contributed by atoms with Gasteiger partial charge in [0.05, 0.1) is 0 Å². The van der Waals surface area contributed by atoms with Gasteiger partial charge in [-0.3, -0.25) is 0 Å². The lowest BCUT2D eigenvalue weighted by atomic mass is 9.69. The van der Waals surface area contributed by atoms with E-state index in [-0.39, 0.29) is 10.8 Å².